The predicted molar refractivity (Wildman–Crippen MR) is 129 cm³/mol. The fourth-order valence-corrected chi connectivity index (χ4v) is 4.07. The average molecular weight is 445 g/mol. The normalized spacial score (nSPS) is 10.7. The molecule has 0 radical (unpaired) electrons. The van der Waals surface area contributed by atoms with Gasteiger partial charge in [0.2, 0.25) is 0 Å². The first-order valence-corrected chi connectivity index (χ1v) is 11.2. The van der Waals surface area contributed by atoms with Crippen LogP contribution in [0.2, 0.25) is 0 Å². The molecule has 0 atom stereocenters. The number of amides is 2. The lowest BCUT2D eigenvalue weighted by Crippen LogP contribution is -2.31. The molecule has 4 rings (SSSR count). The Morgan fingerprint density at radius 3 is 2.44 bits per heavy atom. The van der Waals surface area contributed by atoms with Crippen LogP contribution in [-0.2, 0) is 11.3 Å². The van der Waals surface area contributed by atoms with Crippen LogP contribution in [0.25, 0.3) is 10.8 Å². The molecule has 0 aliphatic carbocycles. The molecule has 4 aromatic rings. The van der Waals surface area contributed by atoms with E-state index in [1.54, 1.807) is 29.4 Å². The first-order valence-electron chi connectivity index (χ1n) is 10.3. The smallest absolute Gasteiger partial charge is 0.260 e. The Balaban J connectivity index is 1.56. The van der Waals surface area contributed by atoms with Crippen molar-refractivity contribution in [3.05, 3.63) is 94.2 Å². The minimum absolute atomic E-state index is 0.149. The second-order valence-corrected chi connectivity index (χ2v) is 8.41. The molecule has 0 bridgehead atoms. The van der Waals surface area contributed by atoms with Crippen LogP contribution in [0.4, 0.5) is 5.69 Å². The highest BCUT2D eigenvalue weighted by atomic mass is 32.1. The van der Waals surface area contributed by atoms with Crippen LogP contribution < -0.4 is 10.1 Å². The number of thiophene rings is 1. The maximum atomic E-state index is 13.1. The number of carbonyl (C=O) groups is 2. The van der Waals surface area contributed by atoms with Crippen LogP contribution in [0.5, 0.6) is 5.75 Å². The molecule has 32 heavy (non-hydrogen) atoms. The molecule has 0 spiro atoms. The van der Waals surface area contributed by atoms with Crippen molar-refractivity contribution in [3.8, 4) is 5.75 Å². The summed E-state index contributed by atoms with van der Waals surface area (Å²) in [7, 11) is 1.75. The number of hydrogen-bond donors (Lipinski definition) is 1. The largest absolute Gasteiger partial charge is 0.483 e. The van der Waals surface area contributed by atoms with E-state index in [1.807, 2.05) is 78.3 Å². The quantitative estimate of drug-likeness (QED) is 0.409. The highest BCUT2D eigenvalue weighted by Crippen LogP contribution is 2.28. The standard InChI is InChI=1S/C26H24N2O3S/c1-18-7-3-6-10-23(18)27-26(30)22-13-20-8-4-5-9-21(20)14-24(22)31-16-25(29)28(2)15-19-11-12-32-17-19/h3-14,17H,15-16H2,1-2H3,(H,27,30). The molecule has 0 saturated carbocycles. The Kier molecular flexibility index (Phi) is 6.52. The van der Waals surface area contributed by atoms with Gasteiger partial charge in [-0.1, -0.05) is 42.5 Å². The number of hydrogen-bond acceptors (Lipinski definition) is 4. The summed E-state index contributed by atoms with van der Waals surface area (Å²) >= 11 is 1.60. The maximum Gasteiger partial charge on any atom is 0.260 e. The van der Waals surface area contributed by atoms with Gasteiger partial charge in [-0.05, 0) is 63.8 Å². The van der Waals surface area contributed by atoms with E-state index >= 15 is 0 Å². The van der Waals surface area contributed by atoms with E-state index in [1.165, 1.54) is 0 Å². The first-order chi connectivity index (χ1) is 15.5. The van der Waals surface area contributed by atoms with Gasteiger partial charge in [0.15, 0.2) is 6.61 Å². The summed E-state index contributed by atoms with van der Waals surface area (Å²) in [5.41, 5.74) is 3.17. The van der Waals surface area contributed by atoms with E-state index in [0.717, 1.165) is 27.6 Å². The first kappa shape index (κ1) is 21.6. The second-order valence-electron chi connectivity index (χ2n) is 7.63. The molecule has 0 saturated heterocycles. The lowest BCUT2D eigenvalue weighted by Gasteiger charge is -2.18. The number of likely N-dealkylation sites (N-methyl/N-ethyl adjacent to an activating group) is 1. The minimum atomic E-state index is -0.279. The lowest BCUT2D eigenvalue weighted by atomic mass is 10.0. The van der Waals surface area contributed by atoms with Gasteiger partial charge in [-0.15, -0.1) is 0 Å². The van der Waals surface area contributed by atoms with Gasteiger partial charge in [0.25, 0.3) is 11.8 Å². The summed E-state index contributed by atoms with van der Waals surface area (Å²) in [6, 6.07) is 21.0. The van der Waals surface area contributed by atoms with Crippen molar-refractivity contribution in [2.24, 2.45) is 0 Å². The molecule has 0 unspecified atom stereocenters. The molecule has 5 nitrogen and oxygen atoms in total. The Hall–Kier alpha value is -3.64. The van der Waals surface area contributed by atoms with E-state index < -0.39 is 0 Å². The second kappa shape index (κ2) is 9.66. The van der Waals surface area contributed by atoms with E-state index in [9.17, 15) is 9.59 Å². The highest BCUT2D eigenvalue weighted by molar-refractivity contribution is 7.07. The van der Waals surface area contributed by atoms with Crippen molar-refractivity contribution in [2.45, 2.75) is 13.5 Å². The van der Waals surface area contributed by atoms with Crippen molar-refractivity contribution in [3.63, 3.8) is 0 Å². The van der Waals surface area contributed by atoms with Crippen molar-refractivity contribution < 1.29 is 14.3 Å². The van der Waals surface area contributed by atoms with Crippen LogP contribution in [0.15, 0.2) is 77.5 Å². The van der Waals surface area contributed by atoms with Crippen molar-refractivity contribution in [1.82, 2.24) is 4.90 Å². The summed E-state index contributed by atoms with van der Waals surface area (Å²) in [5, 5.41) is 8.82. The number of aryl methyl sites for hydroxylation is 1. The summed E-state index contributed by atoms with van der Waals surface area (Å²) in [6.07, 6.45) is 0. The van der Waals surface area contributed by atoms with Crippen LogP contribution in [-0.4, -0.2) is 30.4 Å². The predicted octanol–water partition coefficient (Wildman–Crippen LogP) is 5.50. The van der Waals surface area contributed by atoms with Gasteiger partial charge >= 0.3 is 0 Å². The molecule has 0 aliphatic heterocycles. The molecule has 1 heterocycles. The molecule has 6 heteroatoms. The third kappa shape index (κ3) is 4.98. The Bertz CT molecular complexity index is 1250. The minimum Gasteiger partial charge on any atom is -0.483 e. The zero-order chi connectivity index (χ0) is 22.5. The Morgan fingerprint density at radius 2 is 1.72 bits per heavy atom. The number of fused-ring (bicyclic) bond motifs is 1. The van der Waals surface area contributed by atoms with Crippen molar-refractivity contribution >= 4 is 39.6 Å². The summed E-state index contributed by atoms with van der Waals surface area (Å²) < 4.78 is 5.89. The number of carbonyl (C=O) groups excluding carboxylic acids is 2. The van der Waals surface area contributed by atoms with Gasteiger partial charge in [0, 0.05) is 19.3 Å². The number of para-hydroxylation sites is 1. The molecule has 0 aliphatic rings. The van der Waals surface area contributed by atoms with Crippen LogP contribution in [0.1, 0.15) is 21.5 Å². The highest BCUT2D eigenvalue weighted by Gasteiger charge is 2.18. The van der Waals surface area contributed by atoms with Crippen LogP contribution in [0, 0.1) is 6.92 Å². The number of ether oxygens (including phenoxy) is 1. The van der Waals surface area contributed by atoms with E-state index in [2.05, 4.69) is 5.32 Å². The number of rotatable bonds is 7. The average Bonchev–Trinajstić information content (AvgIpc) is 3.31. The maximum absolute atomic E-state index is 13.1. The van der Waals surface area contributed by atoms with Gasteiger partial charge in [-0.25, -0.2) is 0 Å². The number of benzene rings is 3. The third-order valence-corrected chi connectivity index (χ3v) is 5.99. The fourth-order valence-electron chi connectivity index (χ4n) is 3.41. The zero-order valence-corrected chi connectivity index (χ0v) is 18.8. The van der Waals surface area contributed by atoms with Gasteiger partial charge in [-0.3, -0.25) is 9.59 Å². The van der Waals surface area contributed by atoms with E-state index in [0.29, 0.717) is 17.9 Å². The zero-order valence-electron chi connectivity index (χ0n) is 18.0. The number of anilines is 1. The molecule has 1 aromatic heterocycles. The summed E-state index contributed by atoms with van der Waals surface area (Å²) in [6.45, 7) is 2.31. The topological polar surface area (TPSA) is 58.6 Å². The van der Waals surface area contributed by atoms with Gasteiger partial charge in [0.1, 0.15) is 5.75 Å². The molecular formula is C26H24N2O3S. The lowest BCUT2D eigenvalue weighted by molar-refractivity contribution is -0.132. The van der Waals surface area contributed by atoms with E-state index in [-0.39, 0.29) is 18.4 Å². The van der Waals surface area contributed by atoms with Crippen molar-refractivity contribution in [2.75, 3.05) is 19.0 Å². The Labute approximate surface area is 191 Å². The van der Waals surface area contributed by atoms with E-state index in [4.69, 9.17) is 4.74 Å². The summed E-state index contributed by atoms with van der Waals surface area (Å²) in [5.74, 6) is -0.0548. The third-order valence-electron chi connectivity index (χ3n) is 5.26. The fraction of sp³-hybridized carbons (Fsp3) is 0.154. The molecule has 3 aromatic carbocycles. The molecule has 1 N–H and O–H groups in total. The molecular weight excluding hydrogens is 420 g/mol. The molecule has 0 fully saturated rings. The summed E-state index contributed by atoms with van der Waals surface area (Å²) in [4.78, 5) is 27.4. The SMILES string of the molecule is Cc1ccccc1NC(=O)c1cc2ccccc2cc1OCC(=O)N(C)Cc1ccsc1. The van der Waals surface area contributed by atoms with Gasteiger partial charge in [0.05, 0.1) is 5.56 Å². The molecule has 2 amide bonds. The van der Waals surface area contributed by atoms with Crippen molar-refractivity contribution in [1.29, 1.82) is 0 Å². The van der Waals surface area contributed by atoms with Gasteiger partial charge in [-0.2, -0.15) is 11.3 Å². The molecule has 162 valence electrons. The van der Waals surface area contributed by atoms with Crippen LogP contribution in [0.3, 0.4) is 0 Å². The number of nitrogens with one attached hydrogen (secondary N) is 1. The van der Waals surface area contributed by atoms with Crippen LogP contribution >= 0.6 is 11.3 Å². The monoisotopic (exact) mass is 444 g/mol. The van der Waals surface area contributed by atoms with Gasteiger partial charge < -0.3 is 15.0 Å². The number of nitrogens with zero attached hydrogens (tertiary/aromatic N) is 1. The Morgan fingerprint density at radius 1 is 1.00 bits per heavy atom.